The predicted molar refractivity (Wildman–Crippen MR) is 176 cm³/mol. The number of H-pyrrole nitrogens is 1. The number of morpholine rings is 1. The molecule has 1 unspecified atom stereocenters. The first-order chi connectivity index (χ1) is 21.8. The Morgan fingerprint density at radius 2 is 1.91 bits per heavy atom. The number of amides is 1. The van der Waals surface area contributed by atoms with Gasteiger partial charge in [-0.3, -0.25) is 5.10 Å². The van der Waals surface area contributed by atoms with Crippen molar-refractivity contribution < 1.29 is 23.4 Å². The SMILES string of the molecule is Cc1ccc2c[nH]nc2c1-c1c(Cl)cc2c(N3C[C@@H](C)N(C(=O)OC(C)(C)C)C[C@@H]3C)nc(OCC3CN(C)CCO3)nc2c1F. The average molecular weight is 654 g/mol. The van der Waals surface area contributed by atoms with Crippen molar-refractivity contribution in [1.29, 1.82) is 0 Å². The minimum atomic E-state index is -0.617. The maximum Gasteiger partial charge on any atom is 0.410 e. The number of fused-ring (bicyclic) bond motifs is 2. The van der Waals surface area contributed by atoms with Gasteiger partial charge in [0, 0.05) is 66.4 Å². The molecule has 1 N–H and O–H groups in total. The quantitative estimate of drug-likeness (QED) is 0.285. The predicted octanol–water partition coefficient (Wildman–Crippen LogP) is 5.82. The molecule has 4 heterocycles. The lowest BCUT2D eigenvalue weighted by Crippen LogP contribution is -2.59. The third-order valence-electron chi connectivity index (χ3n) is 8.53. The number of ether oxygens (including phenoxy) is 3. The summed E-state index contributed by atoms with van der Waals surface area (Å²) in [5, 5.41) is 8.78. The minimum absolute atomic E-state index is 0.0376. The number of anilines is 1. The molecular weight excluding hydrogens is 613 g/mol. The summed E-state index contributed by atoms with van der Waals surface area (Å²) in [4.78, 5) is 28.4. The number of carbonyl (C=O) groups is 1. The fourth-order valence-corrected chi connectivity index (χ4v) is 6.52. The maximum absolute atomic E-state index is 16.9. The van der Waals surface area contributed by atoms with E-state index in [1.54, 1.807) is 17.2 Å². The van der Waals surface area contributed by atoms with Crippen LogP contribution in [0.25, 0.3) is 32.9 Å². The van der Waals surface area contributed by atoms with Crippen molar-refractivity contribution in [2.75, 3.05) is 51.3 Å². The Kier molecular flexibility index (Phi) is 8.73. The first kappa shape index (κ1) is 32.2. The van der Waals surface area contributed by atoms with Crippen LogP contribution in [-0.2, 0) is 9.47 Å². The van der Waals surface area contributed by atoms with E-state index in [0.29, 0.717) is 48.5 Å². The zero-order valence-electron chi connectivity index (χ0n) is 27.4. The average Bonchev–Trinajstić information content (AvgIpc) is 3.46. The number of hydrogen-bond donors (Lipinski definition) is 1. The van der Waals surface area contributed by atoms with Gasteiger partial charge in [-0.15, -0.1) is 0 Å². The van der Waals surface area contributed by atoms with Crippen molar-refractivity contribution in [1.82, 2.24) is 30.0 Å². The summed E-state index contributed by atoms with van der Waals surface area (Å²) in [6, 6.07) is 5.20. The lowest BCUT2D eigenvalue weighted by Gasteiger charge is -2.45. The molecule has 46 heavy (non-hydrogen) atoms. The van der Waals surface area contributed by atoms with Gasteiger partial charge in [0.05, 0.1) is 11.6 Å². The summed E-state index contributed by atoms with van der Waals surface area (Å²) >= 11 is 6.93. The topological polar surface area (TPSA) is 109 Å². The number of likely N-dealkylation sites (N-methyl/N-ethyl adjacent to an activating group) is 1. The summed E-state index contributed by atoms with van der Waals surface area (Å²) in [5.74, 6) is -0.108. The van der Waals surface area contributed by atoms with E-state index in [2.05, 4.69) is 25.0 Å². The summed E-state index contributed by atoms with van der Waals surface area (Å²) < 4.78 is 34.6. The number of hydrogen-bond acceptors (Lipinski definition) is 9. The number of halogens is 2. The van der Waals surface area contributed by atoms with Crippen LogP contribution in [0, 0.1) is 12.7 Å². The molecule has 13 heteroatoms. The highest BCUT2D eigenvalue weighted by Crippen LogP contribution is 2.42. The molecule has 6 rings (SSSR count). The van der Waals surface area contributed by atoms with Gasteiger partial charge >= 0.3 is 12.1 Å². The molecule has 2 aliphatic heterocycles. The number of aromatic nitrogens is 4. The van der Waals surface area contributed by atoms with Crippen molar-refractivity contribution in [3.05, 3.63) is 40.8 Å². The van der Waals surface area contributed by atoms with Crippen molar-refractivity contribution in [2.45, 2.75) is 65.3 Å². The summed E-state index contributed by atoms with van der Waals surface area (Å²) in [6.45, 7) is 14.6. The Morgan fingerprint density at radius 1 is 1.13 bits per heavy atom. The Balaban J connectivity index is 1.44. The summed E-state index contributed by atoms with van der Waals surface area (Å²) in [7, 11) is 2.03. The number of nitrogens with zero attached hydrogens (tertiary/aromatic N) is 6. The normalized spacial score (nSPS) is 21.3. The van der Waals surface area contributed by atoms with E-state index < -0.39 is 11.4 Å². The lowest BCUT2D eigenvalue weighted by atomic mass is 9.96. The second-order valence-electron chi connectivity index (χ2n) is 13.4. The van der Waals surface area contributed by atoms with Crippen LogP contribution in [0.3, 0.4) is 0 Å². The third kappa shape index (κ3) is 6.30. The molecule has 0 radical (unpaired) electrons. The first-order valence-corrected chi connectivity index (χ1v) is 16.0. The molecule has 2 aromatic carbocycles. The number of rotatable bonds is 5. The smallest absolute Gasteiger partial charge is 0.410 e. The van der Waals surface area contributed by atoms with E-state index >= 15 is 4.39 Å². The van der Waals surface area contributed by atoms with Gasteiger partial charge in [-0.25, -0.2) is 9.18 Å². The molecule has 0 saturated carbocycles. The highest BCUT2D eigenvalue weighted by molar-refractivity contribution is 6.35. The molecule has 246 valence electrons. The number of aromatic amines is 1. The van der Waals surface area contributed by atoms with Gasteiger partial charge in [-0.2, -0.15) is 15.1 Å². The molecule has 0 aliphatic carbocycles. The van der Waals surface area contributed by atoms with Gasteiger partial charge in [0.2, 0.25) is 0 Å². The Morgan fingerprint density at radius 3 is 2.65 bits per heavy atom. The van der Waals surface area contributed by atoms with Crippen LogP contribution in [0.15, 0.2) is 24.4 Å². The fourth-order valence-electron chi connectivity index (χ4n) is 6.23. The van der Waals surface area contributed by atoms with Gasteiger partial charge in [-0.05, 0) is 60.2 Å². The van der Waals surface area contributed by atoms with E-state index in [9.17, 15) is 4.79 Å². The number of benzene rings is 2. The highest BCUT2D eigenvalue weighted by atomic mass is 35.5. The molecule has 0 bridgehead atoms. The van der Waals surface area contributed by atoms with Crippen LogP contribution < -0.4 is 9.64 Å². The Bertz CT molecular complexity index is 1780. The van der Waals surface area contributed by atoms with Crippen molar-refractivity contribution in [3.8, 4) is 17.1 Å². The summed E-state index contributed by atoms with van der Waals surface area (Å²) in [5.41, 5.74) is 1.72. The van der Waals surface area contributed by atoms with Crippen LogP contribution in [0.4, 0.5) is 15.0 Å². The van der Waals surface area contributed by atoms with Gasteiger partial charge in [0.25, 0.3) is 0 Å². The molecule has 11 nitrogen and oxygen atoms in total. The van der Waals surface area contributed by atoms with Gasteiger partial charge in [0.1, 0.15) is 35.2 Å². The summed E-state index contributed by atoms with van der Waals surface area (Å²) in [6.07, 6.45) is 1.22. The van der Waals surface area contributed by atoms with Gasteiger partial charge in [-0.1, -0.05) is 23.7 Å². The molecule has 0 spiro atoms. The van der Waals surface area contributed by atoms with Crippen LogP contribution in [0.5, 0.6) is 6.01 Å². The molecule has 2 aromatic heterocycles. The molecule has 2 aliphatic rings. The Labute approximate surface area is 272 Å². The molecule has 2 saturated heterocycles. The number of aryl methyl sites for hydroxylation is 1. The van der Waals surface area contributed by atoms with E-state index in [0.717, 1.165) is 17.5 Å². The molecule has 4 aromatic rings. The molecule has 1 amide bonds. The van der Waals surface area contributed by atoms with Crippen molar-refractivity contribution in [3.63, 3.8) is 0 Å². The number of nitrogens with one attached hydrogen (secondary N) is 1. The largest absolute Gasteiger partial charge is 0.461 e. The second-order valence-corrected chi connectivity index (χ2v) is 13.8. The zero-order valence-corrected chi connectivity index (χ0v) is 28.1. The fraction of sp³-hybridized carbons (Fsp3) is 0.515. The van der Waals surface area contributed by atoms with Crippen molar-refractivity contribution >= 4 is 45.3 Å². The van der Waals surface area contributed by atoms with E-state index in [-0.39, 0.29) is 53.0 Å². The number of piperazine rings is 1. The highest BCUT2D eigenvalue weighted by Gasteiger charge is 2.37. The minimum Gasteiger partial charge on any atom is -0.461 e. The zero-order chi connectivity index (χ0) is 32.9. The van der Waals surface area contributed by atoms with Crippen LogP contribution >= 0.6 is 11.6 Å². The first-order valence-electron chi connectivity index (χ1n) is 15.6. The van der Waals surface area contributed by atoms with E-state index in [1.165, 1.54) is 0 Å². The van der Waals surface area contributed by atoms with Crippen LogP contribution in [0.2, 0.25) is 5.02 Å². The van der Waals surface area contributed by atoms with Crippen LogP contribution in [-0.4, -0.2) is 106 Å². The van der Waals surface area contributed by atoms with Gasteiger partial charge in [0.15, 0.2) is 5.82 Å². The molecular formula is C33H41ClFN7O4. The maximum atomic E-state index is 16.9. The van der Waals surface area contributed by atoms with Crippen LogP contribution in [0.1, 0.15) is 40.2 Å². The standard InChI is InChI=1S/C33H41ClFN7O4/c1-18-8-9-21-13-36-39-28(21)25(18)26-24(34)12-23-29(27(26)35)37-31(45-17-22-16-40(7)10-11-44-22)38-30(23)41-14-20(3)42(15-19(41)2)32(43)46-33(4,5)6/h8-9,12-13,19-20,22H,10-11,14-17H2,1-7H3,(H,36,39)/t19-,20+,22?/m0/s1. The second kappa shape index (κ2) is 12.5. The van der Waals surface area contributed by atoms with E-state index in [4.69, 9.17) is 30.8 Å². The Hall–Kier alpha value is -3.74. The molecule has 3 atom stereocenters. The van der Waals surface area contributed by atoms with Crippen molar-refractivity contribution in [2.24, 2.45) is 0 Å². The lowest BCUT2D eigenvalue weighted by molar-refractivity contribution is -0.0416. The third-order valence-corrected chi connectivity index (χ3v) is 8.83. The monoisotopic (exact) mass is 653 g/mol. The van der Waals surface area contributed by atoms with Gasteiger partial charge < -0.3 is 28.9 Å². The molecule has 2 fully saturated rings. The number of carbonyl (C=O) groups excluding carboxylic acids is 1. The van der Waals surface area contributed by atoms with E-state index in [1.807, 2.05) is 60.7 Å².